The summed E-state index contributed by atoms with van der Waals surface area (Å²) in [6.07, 6.45) is 0. The Kier molecular flexibility index (Phi) is 3.88. The van der Waals surface area contributed by atoms with Gasteiger partial charge in [-0.2, -0.15) is 0 Å². The van der Waals surface area contributed by atoms with E-state index in [1.807, 2.05) is 0 Å². The highest BCUT2D eigenvalue weighted by atomic mass is 16.5. The van der Waals surface area contributed by atoms with Crippen molar-refractivity contribution in [1.29, 1.82) is 0 Å². The van der Waals surface area contributed by atoms with Crippen LogP contribution in [0.15, 0.2) is 18.2 Å². The maximum Gasteiger partial charge on any atom is 0.377 e. The number of carbonyl (C=O) groups is 2. The summed E-state index contributed by atoms with van der Waals surface area (Å²) in [5.41, 5.74) is -0.00583. The maximum absolute atomic E-state index is 11.4. The molecule has 0 spiro atoms. The molecule has 1 rings (SSSR count). The summed E-state index contributed by atoms with van der Waals surface area (Å²) < 4.78 is 10.2. The Balaban J connectivity index is 3.26. The standard InChI is InChI=1S/C11H12O5/c1-3-16-10-7(9(12)11(13)14)5-4-6-8(10)15-2/h4-6H,3H2,1-2H3,(H,13,14). The van der Waals surface area contributed by atoms with E-state index in [4.69, 9.17) is 14.6 Å². The first-order valence-corrected chi connectivity index (χ1v) is 4.69. The number of carbonyl (C=O) groups excluding carboxylic acids is 1. The number of rotatable bonds is 5. The summed E-state index contributed by atoms with van der Waals surface area (Å²) in [5, 5.41) is 8.65. The lowest BCUT2D eigenvalue weighted by molar-refractivity contribution is -0.131. The van der Waals surface area contributed by atoms with Crippen LogP contribution < -0.4 is 9.47 Å². The van der Waals surface area contributed by atoms with Crippen LogP contribution in [0.2, 0.25) is 0 Å². The van der Waals surface area contributed by atoms with E-state index in [-0.39, 0.29) is 11.3 Å². The number of carboxylic acid groups (broad SMARTS) is 1. The second-order valence-electron chi connectivity index (χ2n) is 2.90. The first kappa shape index (κ1) is 12.0. The third kappa shape index (κ3) is 2.31. The Morgan fingerprint density at radius 1 is 1.38 bits per heavy atom. The normalized spacial score (nSPS) is 9.62. The van der Waals surface area contributed by atoms with Crippen molar-refractivity contribution in [3.05, 3.63) is 23.8 Å². The predicted octanol–water partition coefficient (Wildman–Crippen LogP) is 1.36. The first-order valence-electron chi connectivity index (χ1n) is 4.69. The van der Waals surface area contributed by atoms with E-state index in [9.17, 15) is 9.59 Å². The quantitative estimate of drug-likeness (QED) is 0.604. The monoisotopic (exact) mass is 224 g/mol. The zero-order chi connectivity index (χ0) is 12.1. The molecule has 5 nitrogen and oxygen atoms in total. The lowest BCUT2D eigenvalue weighted by atomic mass is 10.1. The number of ketones is 1. The van der Waals surface area contributed by atoms with Gasteiger partial charge in [0.1, 0.15) is 0 Å². The van der Waals surface area contributed by atoms with E-state index < -0.39 is 11.8 Å². The number of para-hydroxylation sites is 1. The van der Waals surface area contributed by atoms with Crippen molar-refractivity contribution in [2.75, 3.05) is 13.7 Å². The van der Waals surface area contributed by atoms with Crippen molar-refractivity contribution in [3.8, 4) is 11.5 Å². The van der Waals surface area contributed by atoms with E-state index in [1.54, 1.807) is 13.0 Å². The molecule has 0 saturated heterocycles. The van der Waals surface area contributed by atoms with Crippen molar-refractivity contribution in [2.45, 2.75) is 6.92 Å². The first-order chi connectivity index (χ1) is 7.61. The minimum atomic E-state index is -1.52. The third-order valence-corrected chi connectivity index (χ3v) is 1.93. The molecule has 0 aliphatic rings. The molecule has 86 valence electrons. The zero-order valence-corrected chi connectivity index (χ0v) is 9.02. The van der Waals surface area contributed by atoms with Crippen molar-refractivity contribution in [2.24, 2.45) is 0 Å². The molecule has 0 amide bonds. The number of ether oxygens (including phenoxy) is 2. The molecule has 0 saturated carbocycles. The fourth-order valence-corrected chi connectivity index (χ4v) is 1.26. The Morgan fingerprint density at radius 2 is 2.06 bits per heavy atom. The van der Waals surface area contributed by atoms with Crippen LogP contribution in [0.25, 0.3) is 0 Å². The number of carboxylic acids is 1. The van der Waals surface area contributed by atoms with Crippen LogP contribution in [0.4, 0.5) is 0 Å². The zero-order valence-electron chi connectivity index (χ0n) is 9.02. The molecule has 0 atom stereocenters. The largest absolute Gasteiger partial charge is 0.493 e. The molecule has 5 heteroatoms. The number of benzene rings is 1. The molecule has 0 radical (unpaired) electrons. The van der Waals surface area contributed by atoms with Crippen LogP contribution in [0, 0.1) is 0 Å². The molecule has 1 aromatic rings. The number of hydrogen-bond acceptors (Lipinski definition) is 4. The summed E-state index contributed by atoms with van der Waals surface area (Å²) in [6, 6.07) is 4.53. The van der Waals surface area contributed by atoms with Gasteiger partial charge in [-0.1, -0.05) is 6.07 Å². The molecular weight excluding hydrogens is 212 g/mol. The van der Waals surface area contributed by atoms with Crippen LogP contribution in [0.3, 0.4) is 0 Å². The smallest absolute Gasteiger partial charge is 0.377 e. The predicted molar refractivity (Wildman–Crippen MR) is 56.1 cm³/mol. The molecule has 0 unspecified atom stereocenters. The van der Waals surface area contributed by atoms with Gasteiger partial charge in [0.05, 0.1) is 19.3 Å². The van der Waals surface area contributed by atoms with E-state index >= 15 is 0 Å². The van der Waals surface area contributed by atoms with Gasteiger partial charge in [-0.3, -0.25) is 4.79 Å². The van der Waals surface area contributed by atoms with Gasteiger partial charge in [-0.15, -0.1) is 0 Å². The van der Waals surface area contributed by atoms with Crippen molar-refractivity contribution in [1.82, 2.24) is 0 Å². The molecule has 0 fully saturated rings. The SMILES string of the molecule is CCOc1c(OC)cccc1C(=O)C(=O)O. The van der Waals surface area contributed by atoms with Crippen molar-refractivity contribution >= 4 is 11.8 Å². The van der Waals surface area contributed by atoms with Crippen LogP contribution in [0.5, 0.6) is 11.5 Å². The van der Waals surface area contributed by atoms with E-state index in [1.165, 1.54) is 19.2 Å². The molecule has 0 aromatic heterocycles. The Morgan fingerprint density at radius 3 is 2.56 bits per heavy atom. The Labute approximate surface area is 92.6 Å². The molecular formula is C11H12O5. The fourth-order valence-electron chi connectivity index (χ4n) is 1.26. The summed E-state index contributed by atoms with van der Waals surface area (Å²) in [5.74, 6) is -2.02. The summed E-state index contributed by atoms with van der Waals surface area (Å²) in [6.45, 7) is 2.06. The summed E-state index contributed by atoms with van der Waals surface area (Å²) in [4.78, 5) is 22.0. The van der Waals surface area contributed by atoms with Gasteiger partial charge in [0.15, 0.2) is 11.5 Å². The average molecular weight is 224 g/mol. The van der Waals surface area contributed by atoms with Crippen LogP contribution in [0.1, 0.15) is 17.3 Å². The number of hydrogen-bond donors (Lipinski definition) is 1. The molecule has 1 aromatic carbocycles. The van der Waals surface area contributed by atoms with Gasteiger partial charge < -0.3 is 14.6 Å². The molecule has 1 N–H and O–H groups in total. The highest BCUT2D eigenvalue weighted by Gasteiger charge is 2.21. The average Bonchev–Trinajstić information content (AvgIpc) is 2.28. The number of Topliss-reactive ketones (excluding diaryl/α,β-unsaturated/α-hetero) is 1. The maximum atomic E-state index is 11.4. The minimum Gasteiger partial charge on any atom is -0.493 e. The van der Waals surface area contributed by atoms with Crippen LogP contribution in [-0.4, -0.2) is 30.6 Å². The third-order valence-electron chi connectivity index (χ3n) is 1.93. The lowest BCUT2D eigenvalue weighted by Gasteiger charge is -2.11. The van der Waals surface area contributed by atoms with Crippen LogP contribution >= 0.6 is 0 Å². The second kappa shape index (κ2) is 5.16. The molecule has 0 bridgehead atoms. The van der Waals surface area contributed by atoms with E-state index in [0.29, 0.717) is 12.4 Å². The molecule has 16 heavy (non-hydrogen) atoms. The summed E-state index contributed by atoms with van der Waals surface area (Å²) in [7, 11) is 1.42. The van der Waals surface area contributed by atoms with Gasteiger partial charge in [0.25, 0.3) is 5.78 Å². The highest BCUT2D eigenvalue weighted by Crippen LogP contribution is 2.31. The van der Waals surface area contributed by atoms with Crippen molar-refractivity contribution < 1.29 is 24.2 Å². The molecule has 0 aliphatic heterocycles. The van der Waals surface area contributed by atoms with E-state index in [2.05, 4.69) is 0 Å². The van der Waals surface area contributed by atoms with Gasteiger partial charge >= 0.3 is 5.97 Å². The van der Waals surface area contributed by atoms with Crippen LogP contribution in [-0.2, 0) is 4.79 Å². The topological polar surface area (TPSA) is 72.8 Å². The highest BCUT2D eigenvalue weighted by molar-refractivity contribution is 6.40. The Hall–Kier alpha value is -2.04. The van der Waals surface area contributed by atoms with Gasteiger partial charge in [0.2, 0.25) is 0 Å². The summed E-state index contributed by atoms with van der Waals surface area (Å²) >= 11 is 0. The molecule has 0 aliphatic carbocycles. The lowest BCUT2D eigenvalue weighted by Crippen LogP contribution is -2.14. The van der Waals surface area contributed by atoms with Crippen molar-refractivity contribution in [3.63, 3.8) is 0 Å². The second-order valence-corrected chi connectivity index (χ2v) is 2.90. The molecule has 0 heterocycles. The Bertz CT molecular complexity index is 411. The van der Waals surface area contributed by atoms with Gasteiger partial charge in [-0.05, 0) is 19.1 Å². The van der Waals surface area contributed by atoms with Gasteiger partial charge in [0, 0.05) is 0 Å². The van der Waals surface area contributed by atoms with E-state index in [0.717, 1.165) is 0 Å². The van der Waals surface area contributed by atoms with Gasteiger partial charge in [-0.25, -0.2) is 4.79 Å². The fraction of sp³-hybridized carbons (Fsp3) is 0.273. The minimum absolute atomic E-state index is 0.00583. The number of methoxy groups -OCH3 is 1. The number of aliphatic carboxylic acids is 1.